The fourth-order valence-corrected chi connectivity index (χ4v) is 2.57. The van der Waals surface area contributed by atoms with E-state index in [1.54, 1.807) is 0 Å². The molecule has 1 aliphatic rings. The van der Waals surface area contributed by atoms with Crippen LogP contribution in [0, 0.1) is 0 Å². The van der Waals surface area contributed by atoms with Gasteiger partial charge in [-0.3, -0.25) is 0 Å². The molecule has 0 bridgehead atoms. The summed E-state index contributed by atoms with van der Waals surface area (Å²) >= 11 is 9.53. The van der Waals surface area contributed by atoms with Crippen LogP contribution in [0.3, 0.4) is 0 Å². The molecule has 0 aliphatic heterocycles. The number of hydrogen-bond acceptors (Lipinski definition) is 1. The standard InChI is InChI=1S/C9H9BrClN/c10-6-2-3-7(11)9-5(6)1-4-8(9)12/h2-3,8H,1,4,12H2/t8-/m0/s1. The van der Waals surface area contributed by atoms with Crippen molar-refractivity contribution < 1.29 is 0 Å². The van der Waals surface area contributed by atoms with E-state index in [1.807, 2.05) is 12.1 Å². The Bertz CT molecular complexity index is 325. The summed E-state index contributed by atoms with van der Waals surface area (Å²) in [5, 5.41) is 0.804. The number of nitrogens with two attached hydrogens (primary N) is 1. The van der Waals surface area contributed by atoms with Crippen molar-refractivity contribution in [1.29, 1.82) is 0 Å². The lowest BCUT2D eigenvalue weighted by atomic mass is 10.1. The first-order chi connectivity index (χ1) is 5.70. The van der Waals surface area contributed by atoms with Crippen molar-refractivity contribution in [3.63, 3.8) is 0 Å². The maximum absolute atomic E-state index is 6.04. The Morgan fingerprint density at radius 1 is 1.50 bits per heavy atom. The van der Waals surface area contributed by atoms with Crippen LogP contribution in [0.2, 0.25) is 5.02 Å². The predicted octanol–water partition coefficient (Wildman–Crippen LogP) is 3.05. The second-order valence-corrected chi connectivity index (χ2v) is 4.33. The first kappa shape index (κ1) is 8.54. The predicted molar refractivity (Wildman–Crippen MR) is 54.4 cm³/mol. The topological polar surface area (TPSA) is 26.0 Å². The van der Waals surface area contributed by atoms with Crippen LogP contribution >= 0.6 is 27.5 Å². The van der Waals surface area contributed by atoms with Crippen molar-refractivity contribution in [2.75, 3.05) is 0 Å². The van der Waals surface area contributed by atoms with Gasteiger partial charge < -0.3 is 5.73 Å². The van der Waals surface area contributed by atoms with Gasteiger partial charge in [-0.15, -0.1) is 0 Å². The Labute approximate surface area is 85.0 Å². The molecule has 1 aliphatic carbocycles. The molecule has 2 N–H and O–H groups in total. The number of rotatable bonds is 0. The first-order valence-electron chi connectivity index (χ1n) is 3.92. The van der Waals surface area contributed by atoms with Gasteiger partial charge in [0.2, 0.25) is 0 Å². The third kappa shape index (κ3) is 1.18. The monoisotopic (exact) mass is 245 g/mol. The van der Waals surface area contributed by atoms with Crippen LogP contribution in [-0.2, 0) is 6.42 Å². The molecule has 1 atom stereocenters. The summed E-state index contributed by atoms with van der Waals surface area (Å²) in [6.07, 6.45) is 2.05. The van der Waals surface area contributed by atoms with Gasteiger partial charge >= 0.3 is 0 Å². The van der Waals surface area contributed by atoms with Crippen molar-refractivity contribution in [3.8, 4) is 0 Å². The molecule has 3 heteroatoms. The van der Waals surface area contributed by atoms with Crippen LogP contribution in [0.25, 0.3) is 0 Å². The van der Waals surface area contributed by atoms with Crippen LogP contribution in [0.5, 0.6) is 0 Å². The zero-order valence-corrected chi connectivity index (χ0v) is 8.82. The van der Waals surface area contributed by atoms with Crippen LogP contribution in [0.1, 0.15) is 23.6 Å². The zero-order chi connectivity index (χ0) is 8.72. The molecule has 2 rings (SSSR count). The highest BCUT2D eigenvalue weighted by Gasteiger charge is 2.23. The maximum Gasteiger partial charge on any atom is 0.0457 e. The SMILES string of the molecule is N[C@H]1CCc2c(Br)ccc(Cl)c21. The molecule has 0 saturated carbocycles. The summed E-state index contributed by atoms with van der Waals surface area (Å²) in [7, 11) is 0. The molecule has 0 aromatic heterocycles. The maximum atomic E-state index is 6.04. The minimum absolute atomic E-state index is 0.130. The molecule has 0 fully saturated rings. The summed E-state index contributed by atoms with van der Waals surface area (Å²) in [6.45, 7) is 0. The molecular weight excluding hydrogens is 237 g/mol. The molecule has 1 aromatic carbocycles. The molecule has 0 spiro atoms. The molecule has 0 radical (unpaired) electrons. The average Bonchev–Trinajstić information content (AvgIpc) is 2.42. The Kier molecular flexibility index (Phi) is 2.15. The van der Waals surface area contributed by atoms with E-state index in [0.717, 1.165) is 27.9 Å². The van der Waals surface area contributed by atoms with Gasteiger partial charge in [0.05, 0.1) is 0 Å². The van der Waals surface area contributed by atoms with E-state index >= 15 is 0 Å². The van der Waals surface area contributed by atoms with Crippen LogP contribution in [0.15, 0.2) is 16.6 Å². The molecule has 12 heavy (non-hydrogen) atoms. The minimum atomic E-state index is 0.130. The largest absolute Gasteiger partial charge is 0.324 e. The van der Waals surface area contributed by atoms with E-state index in [2.05, 4.69) is 15.9 Å². The normalized spacial score (nSPS) is 21.1. The Balaban J connectivity index is 2.64. The number of hydrogen-bond donors (Lipinski definition) is 1. The smallest absolute Gasteiger partial charge is 0.0457 e. The van der Waals surface area contributed by atoms with E-state index in [1.165, 1.54) is 5.56 Å². The minimum Gasteiger partial charge on any atom is -0.324 e. The number of benzene rings is 1. The van der Waals surface area contributed by atoms with Gasteiger partial charge in [-0.1, -0.05) is 27.5 Å². The number of fused-ring (bicyclic) bond motifs is 1. The highest BCUT2D eigenvalue weighted by molar-refractivity contribution is 9.10. The van der Waals surface area contributed by atoms with Crippen LogP contribution in [-0.4, -0.2) is 0 Å². The Hall–Kier alpha value is -0.0500. The van der Waals surface area contributed by atoms with Gasteiger partial charge in [0.1, 0.15) is 0 Å². The van der Waals surface area contributed by atoms with E-state index in [0.29, 0.717) is 0 Å². The van der Waals surface area contributed by atoms with Gasteiger partial charge in [-0.05, 0) is 36.1 Å². The van der Waals surface area contributed by atoms with Gasteiger partial charge in [0, 0.05) is 15.5 Å². The third-order valence-corrected chi connectivity index (χ3v) is 3.40. The molecular formula is C9H9BrClN. The van der Waals surface area contributed by atoms with E-state index in [4.69, 9.17) is 17.3 Å². The molecule has 0 unspecified atom stereocenters. The summed E-state index contributed by atoms with van der Waals surface area (Å²) in [6, 6.07) is 4.01. The molecule has 1 nitrogen and oxygen atoms in total. The van der Waals surface area contributed by atoms with Gasteiger partial charge in [0.25, 0.3) is 0 Å². The van der Waals surface area contributed by atoms with Gasteiger partial charge in [-0.25, -0.2) is 0 Å². The van der Waals surface area contributed by atoms with E-state index in [-0.39, 0.29) is 6.04 Å². The van der Waals surface area contributed by atoms with Crippen molar-refractivity contribution in [3.05, 3.63) is 32.8 Å². The van der Waals surface area contributed by atoms with Crippen molar-refractivity contribution in [1.82, 2.24) is 0 Å². The third-order valence-electron chi connectivity index (χ3n) is 2.32. The number of halogens is 2. The summed E-state index contributed by atoms with van der Waals surface area (Å²) in [5.41, 5.74) is 8.33. The second kappa shape index (κ2) is 3.02. The average molecular weight is 247 g/mol. The Morgan fingerprint density at radius 3 is 2.92 bits per heavy atom. The zero-order valence-electron chi connectivity index (χ0n) is 6.48. The molecule has 1 aromatic rings. The van der Waals surface area contributed by atoms with Crippen molar-refractivity contribution in [2.45, 2.75) is 18.9 Å². The quantitative estimate of drug-likeness (QED) is 0.748. The molecule has 0 saturated heterocycles. The summed E-state index contributed by atoms with van der Waals surface area (Å²) < 4.78 is 1.13. The van der Waals surface area contributed by atoms with Crippen LogP contribution in [0.4, 0.5) is 0 Å². The van der Waals surface area contributed by atoms with E-state index < -0.39 is 0 Å². The Morgan fingerprint density at radius 2 is 2.25 bits per heavy atom. The van der Waals surface area contributed by atoms with Gasteiger partial charge in [0.15, 0.2) is 0 Å². The fraction of sp³-hybridized carbons (Fsp3) is 0.333. The lowest BCUT2D eigenvalue weighted by Crippen LogP contribution is -2.05. The fourth-order valence-electron chi connectivity index (χ4n) is 1.71. The van der Waals surface area contributed by atoms with E-state index in [9.17, 15) is 0 Å². The first-order valence-corrected chi connectivity index (χ1v) is 5.09. The molecule has 0 amide bonds. The highest BCUT2D eigenvalue weighted by atomic mass is 79.9. The summed E-state index contributed by atoms with van der Waals surface area (Å²) in [5.74, 6) is 0. The second-order valence-electron chi connectivity index (χ2n) is 3.07. The highest BCUT2D eigenvalue weighted by Crippen LogP contribution is 2.38. The lowest BCUT2D eigenvalue weighted by molar-refractivity contribution is 0.713. The van der Waals surface area contributed by atoms with Gasteiger partial charge in [-0.2, -0.15) is 0 Å². The van der Waals surface area contributed by atoms with Crippen molar-refractivity contribution in [2.24, 2.45) is 5.73 Å². The molecule has 0 heterocycles. The molecule has 64 valence electrons. The van der Waals surface area contributed by atoms with Crippen molar-refractivity contribution >= 4 is 27.5 Å². The van der Waals surface area contributed by atoms with Crippen LogP contribution < -0.4 is 5.73 Å². The summed E-state index contributed by atoms with van der Waals surface area (Å²) in [4.78, 5) is 0. The lowest BCUT2D eigenvalue weighted by Gasteiger charge is -2.07.